The van der Waals surface area contributed by atoms with E-state index < -0.39 is 10.0 Å². The third-order valence-corrected chi connectivity index (χ3v) is 5.40. The Hall–Kier alpha value is -0.670. The van der Waals surface area contributed by atoms with E-state index in [1.165, 1.54) is 6.07 Å². The molecule has 6 nitrogen and oxygen atoms in total. The standard InChI is InChI=1S/C13H20BrN3O3S/c1-10(9-17-4-6-20-7-5-17)16-21(18,19)13-8-11(14)2-3-12(13)15/h2-3,8,10,16H,4-7,9,15H2,1H3. The molecule has 1 unspecified atom stereocenters. The minimum atomic E-state index is -3.63. The maximum atomic E-state index is 12.4. The zero-order valence-corrected chi connectivity index (χ0v) is 14.3. The Morgan fingerprint density at radius 2 is 2.10 bits per heavy atom. The average Bonchev–Trinajstić information content (AvgIpc) is 2.41. The van der Waals surface area contributed by atoms with Crippen molar-refractivity contribution in [1.82, 2.24) is 9.62 Å². The minimum Gasteiger partial charge on any atom is -0.398 e. The van der Waals surface area contributed by atoms with E-state index in [2.05, 4.69) is 25.6 Å². The van der Waals surface area contributed by atoms with Crippen LogP contribution in [0, 0.1) is 0 Å². The molecule has 0 amide bonds. The molecule has 1 saturated heterocycles. The van der Waals surface area contributed by atoms with E-state index in [-0.39, 0.29) is 16.6 Å². The molecule has 0 aliphatic carbocycles. The van der Waals surface area contributed by atoms with E-state index in [0.29, 0.717) is 24.2 Å². The van der Waals surface area contributed by atoms with Crippen LogP contribution in [0.4, 0.5) is 5.69 Å². The van der Waals surface area contributed by atoms with Crippen molar-refractivity contribution in [3.8, 4) is 0 Å². The normalized spacial score (nSPS) is 18.6. The van der Waals surface area contributed by atoms with Crippen LogP contribution in [0.25, 0.3) is 0 Å². The smallest absolute Gasteiger partial charge is 0.242 e. The summed E-state index contributed by atoms with van der Waals surface area (Å²) in [7, 11) is -3.63. The molecule has 2 rings (SSSR count). The number of morpholine rings is 1. The molecule has 1 atom stereocenters. The van der Waals surface area contributed by atoms with Crippen LogP contribution in [-0.2, 0) is 14.8 Å². The Balaban J connectivity index is 2.04. The lowest BCUT2D eigenvalue weighted by atomic mass is 10.3. The summed E-state index contributed by atoms with van der Waals surface area (Å²) >= 11 is 3.26. The van der Waals surface area contributed by atoms with Crippen LogP contribution >= 0.6 is 15.9 Å². The molecule has 1 aliphatic rings. The molecule has 1 aromatic carbocycles. The first kappa shape index (κ1) is 16.7. The highest BCUT2D eigenvalue weighted by Crippen LogP contribution is 2.23. The monoisotopic (exact) mass is 377 g/mol. The summed E-state index contributed by atoms with van der Waals surface area (Å²) < 4.78 is 33.4. The molecule has 8 heteroatoms. The first-order valence-corrected chi connectivity index (χ1v) is 9.03. The van der Waals surface area contributed by atoms with Crippen LogP contribution in [0.3, 0.4) is 0 Å². The van der Waals surface area contributed by atoms with Gasteiger partial charge in [0.2, 0.25) is 10.0 Å². The van der Waals surface area contributed by atoms with Gasteiger partial charge in [-0.1, -0.05) is 15.9 Å². The van der Waals surface area contributed by atoms with Crippen LogP contribution in [0.2, 0.25) is 0 Å². The molecular weight excluding hydrogens is 358 g/mol. The van der Waals surface area contributed by atoms with Gasteiger partial charge >= 0.3 is 0 Å². The first-order chi connectivity index (χ1) is 9.88. The summed E-state index contributed by atoms with van der Waals surface area (Å²) in [6, 6.07) is 4.60. The average molecular weight is 378 g/mol. The van der Waals surface area contributed by atoms with Gasteiger partial charge in [0.05, 0.1) is 18.9 Å². The number of hydrogen-bond acceptors (Lipinski definition) is 5. The number of anilines is 1. The van der Waals surface area contributed by atoms with E-state index in [1.54, 1.807) is 12.1 Å². The predicted molar refractivity (Wildman–Crippen MR) is 85.6 cm³/mol. The van der Waals surface area contributed by atoms with Crippen molar-refractivity contribution in [2.75, 3.05) is 38.6 Å². The van der Waals surface area contributed by atoms with Crippen molar-refractivity contribution in [3.63, 3.8) is 0 Å². The lowest BCUT2D eigenvalue weighted by Gasteiger charge is -2.29. The van der Waals surface area contributed by atoms with Crippen molar-refractivity contribution >= 4 is 31.6 Å². The number of benzene rings is 1. The topological polar surface area (TPSA) is 84.7 Å². The highest BCUT2D eigenvalue weighted by atomic mass is 79.9. The van der Waals surface area contributed by atoms with Gasteiger partial charge in [0.1, 0.15) is 4.90 Å². The molecular formula is C13H20BrN3O3S. The molecule has 0 bridgehead atoms. The number of nitrogens with one attached hydrogen (secondary N) is 1. The molecule has 0 radical (unpaired) electrons. The summed E-state index contributed by atoms with van der Waals surface area (Å²) in [5.74, 6) is 0. The predicted octanol–water partition coefficient (Wildman–Crippen LogP) is 1.03. The van der Waals surface area contributed by atoms with Gasteiger partial charge in [-0.2, -0.15) is 0 Å². The first-order valence-electron chi connectivity index (χ1n) is 6.76. The summed E-state index contributed by atoms with van der Waals surface area (Å²) in [6.07, 6.45) is 0. The lowest BCUT2D eigenvalue weighted by molar-refractivity contribution is 0.0354. The van der Waals surface area contributed by atoms with Gasteiger partial charge in [-0.15, -0.1) is 0 Å². The summed E-state index contributed by atoms with van der Waals surface area (Å²) in [5.41, 5.74) is 6.01. The quantitative estimate of drug-likeness (QED) is 0.748. The van der Waals surface area contributed by atoms with Crippen LogP contribution < -0.4 is 10.5 Å². The highest BCUT2D eigenvalue weighted by Gasteiger charge is 2.22. The van der Waals surface area contributed by atoms with Crippen molar-refractivity contribution < 1.29 is 13.2 Å². The van der Waals surface area contributed by atoms with Gasteiger partial charge in [-0.25, -0.2) is 13.1 Å². The Labute approximate surface area is 133 Å². The number of nitrogens with two attached hydrogens (primary N) is 1. The Bertz CT molecular complexity index is 588. The molecule has 1 heterocycles. The molecule has 1 fully saturated rings. The number of nitrogens with zero attached hydrogens (tertiary/aromatic N) is 1. The van der Waals surface area contributed by atoms with Gasteiger partial charge in [0.15, 0.2) is 0 Å². The van der Waals surface area contributed by atoms with Crippen LogP contribution in [-0.4, -0.2) is 52.2 Å². The van der Waals surface area contributed by atoms with Crippen molar-refractivity contribution in [3.05, 3.63) is 22.7 Å². The van der Waals surface area contributed by atoms with Gasteiger partial charge in [0, 0.05) is 30.1 Å². The zero-order valence-electron chi connectivity index (χ0n) is 11.9. The molecule has 0 spiro atoms. The number of halogens is 1. The number of hydrogen-bond donors (Lipinski definition) is 2. The number of sulfonamides is 1. The number of ether oxygens (including phenoxy) is 1. The zero-order chi connectivity index (χ0) is 15.5. The molecule has 0 aromatic heterocycles. The fourth-order valence-electron chi connectivity index (χ4n) is 2.28. The summed E-state index contributed by atoms with van der Waals surface area (Å²) in [4.78, 5) is 2.28. The Morgan fingerprint density at radius 3 is 2.76 bits per heavy atom. The highest BCUT2D eigenvalue weighted by molar-refractivity contribution is 9.10. The van der Waals surface area contributed by atoms with Crippen molar-refractivity contribution in [2.24, 2.45) is 0 Å². The van der Waals surface area contributed by atoms with E-state index in [1.807, 2.05) is 6.92 Å². The Morgan fingerprint density at radius 1 is 1.43 bits per heavy atom. The van der Waals surface area contributed by atoms with Crippen molar-refractivity contribution in [1.29, 1.82) is 0 Å². The number of rotatable bonds is 5. The summed E-state index contributed by atoms with van der Waals surface area (Å²) in [6.45, 7) is 5.53. The van der Waals surface area contributed by atoms with Crippen LogP contribution in [0.5, 0.6) is 0 Å². The second-order valence-corrected chi connectivity index (χ2v) is 7.72. The molecule has 1 aromatic rings. The minimum absolute atomic E-state index is 0.103. The maximum Gasteiger partial charge on any atom is 0.242 e. The molecule has 0 saturated carbocycles. The second kappa shape index (κ2) is 7.06. The number of nitrogen functional groups attached to an aromatic ring is 1. The molecule has 3 N–H and O–H groups in total. The van der Waals surface area contributed by atoms with E-state index >= 15 is 0 Å². The van der Waals surface area contributed by atoms with Crippen molar-refractivity contribution in [2.45, 2.75) is 17.9 Å². The van der Waals surface area contributed by atoms with Gasteiger partial charge in [-0.05, 0) is 25.1 Å². The Kier molecular flexibility index (Phi) is 5.61. The van der Waals surface area contributed by atoms with E-state index in [9.17, 15) is 8.42 Å². The fraction of sp³-hybridized carbons (Fsp3) is 0.538. The molecule has 21 heavy (non-hydrogen) atoms. The maximum absolute atomic E-state index is 12.4. The fourth-order valence-corrected chi connectivity index (χ4v) is 4.18. The SMILES string of the molecule is CC(CN1CCOCC1)NS(=O)(=O)c1cc(Br)ccc1N. The van der Waals surface area contributed by atoms with Gasteiger partial charge in [0.25, 0.3) is 0 Å². The van der Waals surface area contributed by atoms with E-state index in [0.717, 1.165) is 13.1 Å². The third kappa shape index (κ3) is 4.65. The van der Waals surface area contributed by atoms with Crippen LogP contribution in [0.1, 0.15) is 6.92 Å². The summed E-state index contributed by atoms with van der Waals surface area (Å²) in [5, 5.41) is 0. The van der Waals surface area contributed by atoms with Gasteiger partial charge < -0.3 is 10.5 Å². The molecule has 118 valence electrons. The largest absolute Gasteiger partial charge is 0.398 e. The lowest BCUT2D eigenvalue weighted by Crippen LogP contribution is -2.46. The van der Waals surface area contributed by atoms with E-state index in [4.69, 9.17) is 10.5 Å². The van der Waals surface area contributed by atoms with Crippen LogP contribution in [0.15, 0.2) is 27.6 Å². The third-order valence-electron chi connectivity index (χ3n) is 3.26. The van der Waals surface area contributed by atoms with Gasteiger partial charge in [-0.3, -0.25) is 4.90 Å². The second-order valence-electron chi connectivity index (χ2n) is 5.12. The molecule has 1 aliphatic heterocycles.